The second-order valence-electron chi connectivity index (χ2n) is 8.44. The number of rotatable bonds is 16. The van der Waals surface area contributed by atoms with Gasteiger partial charge in [0.1, 0.15) is 0 Å². The van der Waals surface area contributed by atoms with E-state index < -0.39 is 30.2 Å². The van der Waals surface area contributed by atoms with Crippen molar-refractivity contribution in [2.45, 2.75) is 84.9 Å². The van der Waals surface area contributed by atoms with Gasteiger partial charge in [0.2, 0.25) is 0 Å². The second-order valence-corrected chi connectivity index (χ2v) is 8.44. The number of carbonyl (C=O) groups is 4. The molecular formula is C26H39NO11. The van der Waals surface area contributed by atoms with Gasteiger partial charge in [-0.1, -0.05) is 39.7 Å². The number of benzene rings is 1. The molecule has 1 unspecified atom stereocenters. The van der Waals surface area contributed by atoms with Crippen LogP contribution in [-0.4, -0.2) is 61.1 Å². The van der Waals surface area contributed by atoms with Gasteiger partial charge in [-0.2, -0.15) is 0 Å². The van der Waals surface area contributed by atoms with Crippen molar-refractivity contribution in [3.05, 3.63) is 23.8 Å². The maximum Gasteiger partial charge on any atom is 0.513 e. The van der Waals surface area contributed by atoms with E-state index in [0.717, 1.165) is 12.8 Å². The van der Waals surface area contributed by atoms with E-state index in [0.29, 0.717) is 19.3 Å². The van der Waals surface area contributed by atoms with Crippen LogP contribution in [-0.2, 0) is 30.2 Å². The molecule has 0 bridgehead atoms. The Morgan fingerprint density at radius 1 is 0.868 bits per heavy atom. The molecule has 1 aromatic carbocycles. The lowest BCUT2D eigenvalue weighted by Gasteiger charge is -2.32. The average molecular weight is 542 g/mol. The Bertz CT molecular complexity index is 920. The van der Waals surface area contributed by atoms with Crippen LogP contribution in [0.5, 0.6) is 11.5 Å². The first-order valence-corrected chi connectivity index (χ1v) is 12.8. The van der Waals surface area contributed by atoms with Crippen LogP contribution in [0.1, 0.15) is 72.3 Å². The molecule has 0 aromatic heterocycles. The minimum Gasteiger partial charge on any atom is -0.477 e. The van der Waals surface area contributed by atoms with Gasteiger partial charge in [0.25, 0.3) is 5.72 Å². The lowest BCUT2D eigenvalue weighted by Crippen LogP contribution is -2.59. The molecule has 0 aliphatic heterocycles. The highest BCUT2D eigenvalue weighted by Crippen LogP contribution is 2.31. The number of unbranched alkanes of at least 4 members (excludes halogenated alkanes) is 2. The van der Waals surface area contributed by atoms with Crippen LogP contribution in [0.2, 0.25) is 0 Å². The first kappa shape index (κ1) is 32.5. The minimum absolute atomic E-state index is 0.0175. The molecule has 38 heavy (non-hydrogen) atoms. The Hall–Kier alpha value is -3.54. The number of carbonyl (C=O) groups excluding carboxylic acids is 3. The third kappa shape index (κ3) is 11.2. The lowest BCUT2D eigenvalue weighted by molar-refractivity contribution is -0.166. The summed E-state index contributed by atoms with van der Waals surface area (Å²) >= 11 is 0. The third-order valence-corrected chi connectivity index (χ3v) is 5.24. The molecule has 12 heteroatoms. The molecule has 12 nitrogen and oxygen atoms in total. The van der Waals surface area contributed by atoms with Crippen molar-refractivity contribution in [2.75, 3.05) is 19.8 Å². The van der Waals surface area contributed by atoms with Gasteiger partial charge in [-0.05, 0) is 50.8 Å². The number of hydrogen-bond donors (Lipinski definition) is 2. The summed E-state index contributed by atoms with van der Waals surface area (Å²) in [5.74, 6) is -1.83. The lowest BCUT2D eigenvalue weighted by atomic mass is 10.00. The van der Waals surface area contributed by atoms with E-state index >= 15 is 0 Å². The van der Waals surface area contributed by atoms with Crippen molar-refractivity contribution in [3.63, 3.8) is 0 Å². The molecule has 214 valence electrons. The fraction of sp³-hybridized carbons (Fsp3) is 0.615. The monoisotopic (exact) mass is 541 g/mol. The Balaban J connectivity index is 3.34. The normalized spacial score (nSPS) is 13.0. The van der Waals surface area contributed by atoms with E-state index in [9.17, 15) is 24.3 Å². The molecule has 0 heterocycles. The molecule has 0 fully saturated rings. The van der Waals surface area contributed by atoms with Gasteiger partial charge in [0.05, 0.1) is 19.8 Å². The molecule has 0 spiro atoms. The highest BCUT2D eigenvalue weighted by atomic mass is 16.8. The van der Waals surface area contributed by atoms with Crippen LogP contribution in [0.15, 0.2) is 18.2 Å². The molecule has 1 aromatic rings. The first-order valence-electron chi connectivity index (χ1n) is 12.8. The molecule has 0 saturated heterocycles. The maximum absolute atomic E-state index is 12.4. The summed E-state index contributed by atoms with van der Waals surface area (Å²) in [6.07, 6.45) is -0.190. The predicted molar refractivity (Wildman–Crippen MR) is 135 cm³/mol. The third-order valence-electron chi connectivity index (χ3n) is 5.24. The zero-order valence-electron chi connectivity index (χ0n) is 22.7. The molecule has 0 amide bonds. The number of ether oxygens (including phenoxy) is 6. The maximum atomic E-state index is 12.4. The van der Waals surface area contributed by atoms with Crippen molar-refractivity contribution in [2.24, 2.45) is 0 Å². The number of carboxylic acid groups (broad SMARTS) is 1. The molecule has 0 radical (unpaired) electrons. The van der Waals surface area contributed by atoms with Gasteiger partial charge in [-0.15, -0.1) is 0 Å². The Labute approximate surface area is 222 Å². The molecule has 2 N–H and O–H groups in total. The van der Waals surface area contributed by atoms with Crippen LogP contribution in [0.25, 0.3) is 0 Å². The van der Waals surface area contributed by atoms with E-state index in [1.807, 2.05) is 20.8 Å². The molecular weight excluding hydrogens is 502 g/mol. The van der Waals surface area contributed by atoms with E-state index in [1.165, 1.54) is 18.2 Å². The average Bonchev–Trinajstić information content (AvgIpc) is 2.85. The van der Waals surface area contributed by atoms with Gasteiger partial charge in [-0.25, -0.2) is 19.2 Å². The van der Waals surface area contributed by atoms with Gasteiger partial charge in [0, 0.05) is 12.5 Å². The van der Waals surface area contributed by atoms with Gasteiger partial charge in [0.15, 0.2) is 11.5 Å². The summed E-state index contributed by atoms with van der Waals surface area (Å²) in [6.45, 7) is 9.23. The van der Waals surface area contributed by atoms with Crippen LogP contribution in [0.3, 0.4) is 0 Å². The predicted octanol–water partition coefficient (Wildman–Crippen LogP) is 5.20. The fourth-order valence-corrected chi connectivity index (χ4v) is 3.04. The van der Waals surface area contributed by atoms with Crippen molar-refractivity contribution < 1.29 is 52.7 Å². The molecule has 0 aliphatic rings. The minimum atomic E-state index is -2.21. The van der Waals surface area contributed by atoms with E-state index in [2.05, 4.69) is 5.32 Å². The smallest absolute Gasteiger partial charge is 0.477 e. The standard InChI is InChI=1S/C26H39NO11/c1-6-10-14-34-23(30)36-20-13-12-19(16-21(20)37-24(31)35-15-11-7-2)17-26(22(28)29,27-18(5)8-3)38-25(32)33-9-4/h12-13,16,18,27H,6-11,14-15,17H2,1-5H3,(H,28,29)/t18?,26-/m0/s1. The van der Waals surface area contributed by atoms with E-state index in [4.69, 9.17) is 28.4 Å². The number of carboxylic acids is 1. The molecule has 0 aliphatic carbocycles. The van der Waals surface area contributed by atoms with Gasteiger partial charge in [-0.3, -0.25) is 5.32 Å². The fourth-order valence-electron chi connectivity index (χ4n) is 3.04. The summed E-state index contributed by atoms with van der Waals surface area (Å²) in [4.78, 5) is 48.9. The molecule has 0 saturated carbocycles. The zero-order chi connectivity index (χ0) is 28.6. The Kier molecular flexibility index (Phi) is 14.6. The van der Waals surface area contributed by atoms with Crippen molar-refractivity contribution in [3.8, 4) is 11.5 Å². The second kappa shape index (κ2) is 17.1. The summed E-state index contributed by atoms with van der Waals surface area (Å²) in [7, 11) is 0. The van der Waals surface area contributed by atoms with Crippen molar-refractivity contribution in [1.29, 1.82) is 0 Å². The van der Waals surface area contributed by atoms with Crippen LogP contribution >= 0.6 is 0 Å². The quantitative estimate of drug-likeness (QED) is 0.0928. The van der Waals surface area contributed by atoms with Crippen LogP contribution in [0.4, 0.5) is 14.4 Å². The summed E-state index contributed by atoms with van der Waals surface area (Å²) in [6, 6.07) is 3.69. The Morgan fingerprint density at radius 3 is 1.95 bits per heavy atom. The van der Waals surface area contributed by atoms with Crippen LogP contribution in [0, 0.1) is 0 Å². The SMILES string of the molecule is CCCCOC(=O)Oc1ccc(C[C@](NC(C)CC)(OC(=O)OCC)C(=O)O)cc1OC(=O)OCCCC. The van der Waals surface area contributed by atoms with E-state index in [1.54, 1.807) is 13.8 Å². The molecule has 1 rings (SSSR count). The van der Waals surface area contributed by atoms with E-state index in [-0.39, 0.29) is 49.3 Å². The summed E-state index contributed by atoms with van der Waals surface area (Å²) in [5, 5.41) is 12.9. The van der Waals surface area contributed by atoms with Gasteiger partial charge < -0.3 is 33.5 Å². The van der Waals surface area contributed by atoms with Crippen molar-refractivity contribution >= 4 is 24.4 Å². The van der Waals surface area contributed by atoms with Crippen LogP contribution < -0.4 is 14.8 Å². The van der Waals surface area contributed by atoms with Gasteiger partial charge >= 0.3 is 24.4 Å². The number of hydrogen-bond acceptors (Lipinski definition) is 11. The highest BCUT2D eigenvalue weighted by molar-refractivity contribution is 5.80. The molecule has 2 atom stereocenters. The van der Waals surface area contributed by atoms with Crippen molar-refractivity contribution in [1.82, 2.24) is 5.32 Å². The zero-order valence-corrected chi connectivity index (χ0v) is 22.7. The Morgan fingerprint density at radius 2 is 1.45 bits per heavy atom. The highest BCUT2D eigenvalue weighted by Gasteiger charge is 2.44. The topological polar surface area (TPSA) is 156 Å². The first-order chi connectivity index (χ1) is 18.1. The number of aliphatic carboxylic acids is 1. The summed E-state index contributed by atoms with van der Waals surface area (Å²) < 4.78 is 30.5. The summed E-state index contributed by atoms with van der Waals surface area (Å²) in [5.41, 5.74) is -1.93. The number of nitrogens with one attached hydrogen (secondary N) is 1. The largest absolute Gasteiger partial charge is 0.513 e.